The van der Waals surface area contributed by atoms with Gasteiger partial charge in [0.2, 0.25) is 0 Å². The Morgan fingerprint density at radius 1 is 1.42 bits per heavy atom. The molecule has 7 heteroatoms. The van der Waals surface area contributed by atoms with Crippen LogP contribution in [0.25, 0.3) is 0 Å². The van der Waals surface area contributed by atoms with Crippen molar-refractivity contribution < 1.29 is 14.3 Å². The third kappa shape index (κ3) is 5.34. The van der Waals surface area contributed by atoms with E-state index in [0.29, 0.717) is 24.5 Å². The van der Waals surface area contributed by atoms with Crippen molar-refractivity contribution in [2.24, 2.45) is 11.8 Å². The standard InChI is InChI=1S/C17H23N3O4/c1-11(2)6-13-8-15(20-17(23)19-13)16(22)18-9-12(10-21)7-14-4-3-5-24-14/h3-5,8,11-12,21H,6-7,9-10H2,1-2H3,(H,18,22)(H,19,20,23). The zero-order valence-electron chi connectivity index (χ0n) is 13.9. The Bertz CT molecular complexity index is 707. The third-order valence-corrected chi connectivity index (χ3v) is 3.54. The predicted molar refractivity (Wildman–Crippen MR) is 88.7 cm³/mol. The molecule has 0 saturated heterocycles. The molecular weight excluding hydrogens is 310 g/mol. The minimum Gasteiger partial charge on any atom is -0.469 e. The number of aromatic nitrogens is 2. The number of carbonyl (C=O) groups is 1. The molecule has 2 rings (SSSR count). The molecule has 0 aliphatic rings. The molecule has 130 valence electrons. The highest BCUT2D eigenvalue weighted by Gasteiger charge is 2.15. The van der Waals surface area contributed by atoms with E-state index in [1.165, 1.54) is 0 Å². The summed E-state index contributed by atoms with van der Waals surface area (Å²) < 4.78 is 5.24. The van der Waals surface area contributed by atoms with Gasteiger partial charge >= 0.3 is 5.69 Å². The number of nitrogens with one attached hydrogen (secondary N) is 2. The van der Waals surface area contributed by atoms with E-state index in [4.69, 9.17) is 4.42 Å². The summed E-state index contributed by atoms with van der Waals surface area (Å²) >= 11 is 0. The summed E-state index contributed by atoms with van der Waals surface area (Å²) in [5.74, 6) is 0.504. The Balaban J connectivity index is 1.98. The van der Waals surface area contributed by atoms with E-state index < -0.39 is 11.6 Å². The maximum Gasteiger partial charge on any atom is 0.345 e. The minimum absolute atomic E-state index is 0.0810. The Labute approximate surface area is 140 Å². The first-order chi connectivity index (χ1) is 11.5. The van der Waals surface area contributed by atoms with Crippen LogP contribution in [-0.2, 0) is 12.8 Å². The van der Waals surface area contributed by atoms with Gasteiger partial charge < -0.3 is 19.8 Å². The summed E-state index contributed by atoms with van der Waals surface area (Å²) in [5, 5.41) is 12.1. The second kappa shape index (κ2) is 8.44. The van der Waals surface area contributed by atoms with Gasteiger partial charge in [-0.25, -0.2) is 4.79 Å². The normalized spacial score (nSPS) is 12.3. The van der Waals surface area contributed by atoms with Crippen LogP contribution in [0.15, 0.2) is 33.7 Å². The lowest BCUT2D eigenvalue weighted by atomic mass is 10.0. The number of hydrogen-bond donors (Lipinski definition) is 3. The summed E-state index contributed by atoms with van der Waals surface area (Å²) in [6, 6.07) is 5.19. The van der Waals surface area contributed by atoms with Crippen LogP contribution in [0.5, 0.6) is 0 Å². The molecule has 0 aliphatic carbocycles. The van der Waals surface area contributed by atoms with Crippen LogP contribution in [0, 0.1) is 11.8 Å². The van der Waals surface area contributed by atoms with Crippen LogP contribution < -0.4 is 11.0 Å². The van der Waals surface area contributed by atoms with Crippen molar-refractivity contribution in [2.45, 2.75) is 26.7 Å². The Hall–Kier alpha value is -2.41. The van der Waals surface area contributed by atoms with E-state index in [1.54, 1.807) is 18.4 Å². The molecule has 0 aliphatic heterocycles. The number of amides is 1. The van der Waals surface area contributed by atoms with E-state index in [9.17, 15) is 14.7 Å². The molecule has 0 saturated carbocycles. The van der Waals surface area contributed by atoms with Crippen molar-refractivity contribution >= 4 is 5.91 Å². The second-order valence-electron chi connectivity index (χ2n) is 6.24. The van der Waals surface area contributed by atoms with E-state index in [1.807, 2.05) is 19.9 Å². The molecule has 1 unspecified atom stereocenters. The van der Waals surface area contributed by atoms with Crippen molar-refractivity contribution in [2.75, 3.05) is 13.2 Å². The highest BCUT2D eigenvalue weighted by atomic mass is 16.3. The molecule has 1 atom stereocenters. The highest BCUT2D eigenvalue weighted by Crippen LogP contribution is 2.09. The molecule has 0 spiro atoms. The quantitative estimate of drug-likeness (QED) is 0.671. The minimum atomic E-state index is -0.535. The molecular formula is C17H23N3O4. The fourth-order valence-corrected chi connectivity index (χ4v) is 2.42. The number of aromatic amines is 1. The Kier molecular flexibility index (Phi) is 6.31. The van der Waals surface area contributed by atoms with Gasteiger partial charge in [0.05, 0.1) is 6.26 Å². The van der Waals surface area contributed by atoms with Crippen LogP contribution in [0.3, 0.4) is 0 Å². The first-order valence-electron chi connectivity index (χ1n) is 7.99. The summed E-state index contributed by atoms with van der Waals surface area (Å²) in [7, 11) is 0. The molecule has 2 aromatic heterocycles. The fraction of sp³-hybridized carbons (Fsp3) is 0.471. The average Bonchev–Trinajstić information content (AvgIpc) is 3.02. The van der Waals surface area contributed by atoms with Gasteiger partial charge in [0.15, 0.2) is 0 Å². The Morgan fingerprint density at radius 3 is 2.83 bits per heavy atom. The van der Waals surface area contributed by atoms with Crippen LogP contribution in [0.4, 0.5) is 0 Å². The van der Waals surface area contributed by atoms with Gasteiger partial charge in [-0.05, 0) is 30.5 Å². The fourth-order valence-electron chi connectivity index (χ4n) is 2.42. The third-order valence-electron chi connectivity index (χ3n) is 3.54. The van der Waals surface area contributed by atoms with Crippen molar-refractivity contribution in [1.29, 1.82) is 0 Å². The van der Waals surface area contributed by atoms with Crippen molar-refractivity contribution in [3.8, 4) is 0 Å². The number of H-pyrrole nitrogens is 1. The number of nitrogens with zero attached hydrogens (tertiary/aromatic N) is 1. The maximum atomic E-state index is 12.2. The smallest absolute Gasteiger partial charge is 0.345 e. The second-order valence-corrected chi connectivity index (χ2v) is 6.24. The molecule has 2 heterocycles. The van der Waals surface area contributed by atoms with E-state index in [0.717, 1.165) is 5.76 Å². The monoisotopic (exact) mass is 333 g/mol. The number of aliphatic hydroxyl groups excluding tert-OH is 1. The molecule has 0 radical (unpaired) electrons. The number of rotatable bonds is 8. The summed E-state index contributed by atoms with van der Waals surface area (Å²) in [4.78, 5) is 30.2. The van der Waals surface area contributed by atoms with Crippen LogP contribution in [-0.4, -0.2) is 34.1 Å². The maximum absolute atomic E-state index is 12.2. The van der Waals surface area contributed by atoms with Gasteiger partial charge in [0.25, 0.3) is 5.91 Å². The number of carbonyl (C=O) groups excluding carboxylic acids is 1. The number of furan rings is 1. The lowest BCUT2D eigenvalue weighted by Crippen LogP contribution is -2.33. The average molecular weight is 333 g/mol. The van der Waals surface area contributed by atoms with E-state index in [-0.39, 0.29) is 24.8 Å². The Morgan fingerprint density at radius 2 is 2.21 bits per heavy atom. The van der Waals surface area contributed by atoms with Crippen molar-refractivity contribution in [1.82, 2.24) is 15.3 Å². The summed E-state index contributed by atoms with van der Waals surface area (Å²) in [5.41, 5.74) is 0.237. The molecule has 0 aromatic carbocycles. The number of hydrogen-bond acceptors (Lipinski definition) is 5. The van der Waals surface area contributed by atoms with Crippen LogP contribution in [0.2, 0.25) is 0 Å². The molecule has 1 amide bonds. The van der Waals surface area contributed by atoms with Crippen LogP contribution >= 0.6 is 0 Å². The SMILES string of the molecule is CC(C)Cc1cc(C(=O)NCC(CO)Cc2ccco2)nc(=O)[nH]1. The zero-order valence-corrected chi connectivity index (χ0v) is 13.9. The summed E-state index contributed by atoms with van der Waals surface area (Å²) in [6.45, 7) is 4.24. The lowest BCUT2D eigenvalue weighted by molar-refractivity contribution is 0.0933. The first-order valence-corrected chi connectivity index (χ1v) is 7.99. The first kappa shape index (κ1) is 17.9. The zero-order chi connectivity index (χ0) is 17.5. The highest BCUT2D eigenvalue weighted by molar-refractivity contribution is 5.92. The van der Waals surface area contributed by atoms with Crippen LogP contribution in [0.1, 0.15) is 35.8 Å². The topological polar surface area (TPSA) is 108 Å². The predicted octanol–water partition coefficient (Wildman–Crippen LogP) is 1.14. The molecule has 24 heavy (non-hydrogen) atoms. The lowest BCUT2D eigenvalue weighted by Gasteiger charge is -2.14. The van der Waals surface area contributed by atoms with Gasteiger partial charge in [0, 0.05) is 31.2 Å². The summed E-state index contributed by atoms with van der Waals surface area (Å²) in [6.07, 6.45) is 2.75. The molecule has 7 nitrogen and oxygen atoms in total. The molecule has 3 N–H and O–H groups in total. The molecule has 2 aromatic rings. The van der Waals surface area contributed by atoms with E-state index in [2.05, 4.69) is 15.3 Å². The molecule has 0 bridgehead atoms. The van der Waals surface area contributed by atoms with Gasteiger partial charge in [-0.15, -0.1) is 0 Å². The van der Waals surface area contributed by atoms with Gasteiger partial charge in [0.1, 0.15) is 11.5 Å². The largest absolute Gasteiger partial charge is 0.469 e. The van der Waals surface area contributed by atoms with Gasteiger partial charge in [-0.3, -0.25) is 4.79 Å². The van der Waals surface area contributed by atoms with Gasteiger partial charge in [-0.2, -0.15) is 4.98 Å². The van der Waals surface area contributed by atoms with Crippen molar-refractivity contribution in [3.05, 3.63) is 52.1 Å². The number of aliphatic hydroxyl groups is 1. The van der Waals surface area contributed by atoms with Crippen molar-refractivity contribution in [3.63, 3.8) is 0 Å². The van der Waals surface area contributed by atoms with Gasteiger partial charge in [-0.1, -0.05) is 13.8 Å². The van der Waals surface area contributed by atoms with E-state index >= 15 is 0 Å². The molecule has 0 fully saturated rings.